The number of carbonyl (C=O) groups excluding carboxylic acids is 1. The number of carbonyl (C=O) groups is 1. The van der Waals surface area contributed by atoms with Crippen LogP contribution in [0.5, 0.6) is 0 Å². The highest BCUT2D eigenvalue weighted by atomic mass is 16.1. The Bertz CT molecular complexity index is 637. The van der Waals surface area contributed by atoms with Crippen LogP contribution in [0.4, 0.5) is 5.69 Å². The summed E-state index contributed by atoms with van der Waals surface area (Å²) >= 11 is 0. The van der Waals surface area contributed by atoms with Gasteiger partial charge in [0.05, 0.1) is 6.20 Å². The first-order chi connectivity index (χ1) is 11.2. The van der Waals surface area contributed by atoms with Crippen LogP contribution >= 0.6 is 0 Å². The minimum absolute atomic E-state index is 0.0785. The fraction of sp³-hybridized carbons (Fsp3) is 0.444. The van der Waals surface area contributed by atoms with Gasteiger partial charge >= 0.3 is 0 Å². The number of fused-ring (bicyclic) bond motifs is 1. The van der Waals surface area contributed by atoms with Crippen molar-refractivity contribution in [2.75, 3.05) is 25.0 Å². The molecule has 23 heavy (non-hydrogen) atoms. The van der Waals surface area contributed by atoms with Gasteiger partial charge in [0.25, 0.3) is 0 Å². The molecule has 122 valence electrons. The van der Waals surface area contributed by atoms with Gasteiger partial charge in [-0.05, 0) is 37.0 Å². The minimum Gasteiger partial charge on any atom is -0.375 e. The molecule has 1 amide bonds. The van der Waals surface area contributed by atoms with Gasteiger partial charge in [-0.3, -0.25) is 9.89 Å². The first kappa shape index (κ1) is 15.6. The lowest BCUT2D eigenvalue weighted by atomic mass is 9.87. The van der Waals surface area contributed by atoms with Crippen molar-refractivity contribution in [2.45, 2.75) is 25.7 Å². The Morgan fingerprint density at radius 1 is 1.39 bits per heavy atom. The molecule has 3 rings (SSSR count). The zero-order valence-corrected chi connectivity index (χ0v) is 13.6. The van der Waals surface area contributed by atoms with E-state index >= 15 is 0 Å². The van der Waals surface area contributed by atoms with Crippen molar-refractivity contribution in [3.05, 3.63) is 47.8 Å². The molecule has 5 heteroatoms. The number of hydrogen-bond donors (Lipinski definition) is 2. The van der Waals surface area contributed by atoms with Crippen molar-refractivity contribution in [1.29, 1.82) is 0 Å². The Balaban J connectivity index is 1.38. The molecule has 2 aromatic rings. The molecule has 0 saturated heterocycles. The summed E-state index contributed by atoms with van der Waals surface area (Å²) in [5.74, 6) is 0.252. The highest BCUT2D eigenvalue weighted by Gasteiger charge is 2.25. The standard InChI is InChI=1S/C18H24N4O/c1-22(16-6-3-2-4-7-16)11-5-10-19-18(23)14-8-9-15-13-20-21-17(15)12-14/h2-4,6-7,13-14H,5,8-12H2,1H3,(H,19,23)(H,20,21)/t14-/m1/s1. The predicted molar refractivity (Wildman–Crippen MR) is 91.4 cm³/mol. The van der Waals surface area contributed by atoms with Gasteiger partial charge in [-0.25, -0.2) is 0 Å². The summed E-state index contributed by atoms with van der Waals surface area (Å²) < 4.78 is 0. The Morgan fingerprint density at radius 2 is 2.22 bits per heavy atom. The number of H-pyrrole nitrogens is 1. The van der Waals surface area contributed by atoms with E-state index < -0.39 is 0 Å². The zero-order valence-electron chi connectivity index (χ0n) is 13.6. The summed E-state index contributed by atoms with van der Waals surface area (Å²) in [6.07, 6.45) is 5.47. The van der Waals surface area contributed by atoms with Crippen molar-refractivity contribution in [1.82, 2.24) is 15.5 Å². The molecule has 0 unspecified atom stereocenters. The fourth-order valence-corrected chi connectivity index (χ4v) is 3.12. The summed E-state index contributed by atoms with van der Waals surface area (Å²) in [7, 11) is 2.08. The number of benzene rings is 1. The molecule has 0 aliphatic heterocycles. The van der Waals surface area contributed by atoms with Gasteiger partial charge in [0, 0.05) is 43.9 Å². The molecular weight excluding hydrogens is 288 g/mol. The van der Waals surface area contributed by atoms with Crippen LogP contribution in [0.15, 0.2) is 36.5 Å². The van der Waals surface area contributed by atoms with E-state index in [4.69, 9.17) is 0 Å². The van der Waals surface area contributed by atoms with Gasteiger partial charge in [-0.15, -0.1) is 0 Å². The average molecular weight is 312 g/mol. The molecule has 0 fully saturated rings. The van der Waals surface area contributed by atoms with Crippen LogP contribution in [0.2, 0.25) is 0 Å². The van der Waals surface area contributed by atoms with Crippen LogP contribution in [-0.4, -0.2) is 36.2 Å². The van der Waals surface area contributed by atoms with Crippen molar-refractivity contribution < 1.29 is 4.79 Å². The van der Waals surface area contributed by atoms with E-state index in [1.807, 2.05) is 24.4 Å². The summed E-state index contributed by atoms with van der Waals surface area (Å²) in [5.41, 5.74) is 3.59. The van der Waals surface area contributed by atoms with Crippen LogP contribution in [0.3, 0.4) is 0 Å². The van der Waals surface area contributed by atoms with Gasteiger partial charge in [0.15, 0.2) is 0 Å². The average Bonchev–Trinajstić information content (AvgIpc) is 3.06. The number of aromatic nitrogens is 2. The maximum Gasteiger partial charge on any atom is 0.223 e. The number of nitrogens with one attached hydrogen (secondary N) is 2. The van der Waals surface area contributed by atoms with Gasteiger partial charge < -0.3 is 10.2 Å². The smallest absolute Gasteiger partial charge is 0.223 e. The summed E-state index contributed by atoms with van der Waals surface area (Å²) in [5, 5.41) is 10.1. The van der Waals surface area contributed by atoms with Gasteiger partial charge in [-0.2, -0.15) is 5.10 Å². The van der Waals surface area contributed by atoms with Gasteiger partial charge in [0.1, 0.15) is 0 Å². The molecule has 5 nitrogen and oxygen atoms in total. The third kappa shape index (κ3) is 3.92. The first-order valence-electron chi connectivity index (χ1n) is 8.29. The van der Waals surface area contributed by atoms with Gasteiger partial charge in [-0.1, -0.05) is 18.2 Å². The lowest BCUT2D eigenvalue weighted by Crippen LogP contribution is -2.35. The maximum atomic E-state index is 12.3. The first-order valence-corrected chi connectivity index (χ1v) is 8.29. The van der Waals surface area contributed by atoms with E-state index in [2.05, 4.69) is 39.6 Å². The number of para-hydroxylation sites is 1. The molecule has 1 aliphatic carbocycles. The van der Waals surface area contributed by atoms with Crippen molar-refractivity contribution in [3.8, 4) is 0 Å². The maximum absolute atomic E-state index is 12.3. The molecule has 0 bridgehead atoms. The molecule has 1 aromatic heterocycles. The molecule has 0 saturated carbocycles. The summed E-state index contributed by atoms with van der Waals surface area (Å²) in [6, 6.07) is 10.3. The van der Waals surface area contributed by atoms with Crippen LogP contribution in [0.1, 0.15) is 24.1 Å². The minimum atomic E-state index is 0.0785. The van der Waals surface area contributed by atoms with E-state index in [1.54, 1.807) is 0 Å². The third-order valence-corrected chi connectivity index (χ3v) is 4.56. The Labute approximate surface area is 137 Å². The SMILES string of the molecule is CN(CCCNC(=O)[C@@H]1CCc2cn[nH]c2C1)c1ccccc1. The zero-order chi connectivity index (χ0) is 16.1. The number of anilines is 1. The van der Waals surface area contributed by atoms with Crippen LogP contribution in [0, 0.1) is 5.92 Å². The van der Waals surface area contributed by atoms with Crippen LogP contribution in [0.25, 0.3) is 0 Å². The molecule has 0 radical (unpaired) electrons. The highest BCUT2D eigenvalue weighted by molar-refractivity contribution is 5.79. The molecule has 2 N–H and O–H groups in total. The highest BCUT2D eigenvalue weighted by Crippen LogP contribution is 2.23. The summed E-state index contributed by atoms with van der Waals surface area (Å²) in [6.45, 7) is 1.65. The second-order valence-corrected chi connectivity index (χ2v) is 6.22. The summed E-state index contributed by atoms with van der Waals surface area (Å²) in [4.78, 5) is 14.5. The Kier molecular flexibility index (Phi) is 4.95. The number of nitrogens with zero attached hydrogens (tertiary/aromatic N) is 2. The predicted octanol–water partition coefficient (Wildman–Crippen LogP) is 2.16. The van der Waals surface area contributed by atoms with Crippen LogP contribution in [-0.2, 0) is 17.6 Å². The van der Waals surface area contributed by atoms with Crippen molar-refractivity contribution >= 4 is 11.6 Å². The largest absolute Gasteiger partial charge is 0.375 e. The fourth-order valence-electron chi connectivity index (χ4n) is 3.12. The second kappa shape index (κ2) is 7.31. The monoisotopic (exact) mass is 312 g/mol. The topological polar surface area (TPSA) is 61.0 Å². The normalized spacial score (nSPS) is 16.7. The van der Waals surface area contributed by atoms with E-state index in [1.165, 1.54) is 11.3 Å². The molecule has 1 aromatic carbocycles. The Hall–Kier alpha value is -2.30. The van der Waals surface area contributed by atoms with Crippen LogP contribution < -0.4 is 10.2 Å². The lowest BCUT2D eigenvalue weighted by Gasteiger charge is -2.22. The third-order valence-electron chi connectivity index (χ3n) is 4.56. The van der Waals surface area contributed by atoms with E-state index in [0.717, 1.165) is 44.5 Å². The second-order valence-electron chi connectivity index (χ2n) is 6.22. The number of amides is 1. The molecular formula is C18H24N4O. The molecule has 0 spiro atoms. The lowest BCUT2D eigenvalue weighted by molar-refractivity contribution is -0.125. The molecule has 1 aliphatic rings. The van der Waals surface area contributed by atoms with Crippen molar-refractivity contribution in [3.63, 3.8) is 0 Å². The van der Waals surface area contributed by atoms with E-state index in [-0.39, 0.29) is 11.8 Å². The number of rotatable bonds is 6. The number of hydrogen-bond acceptors (Lipinski definition) is 3. The molecule has 1 heterocycles. The van der Waals surface area contributed by atoms with Gasteiger partial charge in [0.2, 0.25) is 5.91 Å². The van der Waals surface area contributed by atoms with E-state index in [0.29, 0.717) is 0 Å². The van der Waals surface area contributed by atoms with Crippen molar-refractivity contribution in [2.24, 2.45) is 5.92 Å². The quantitative estimate of drug-likeness (QED) is 0.804. The van der Waals surface area contributed by atoms with E-state index in [9.17, 15) is 4.79 Å². The number of aryl methyl sites for hydroxylation is 1. The Morgan fingerprint density at radius 3 is 3.04 bits per heavy atom. The molecule has 1 atom stereocenters. The number of aromatic amines is 1.